The van der Waals surface area contributed by atoms with E-state index in [4.69, 9.17) is 15.5 Å². The number of nitrogens with two attached hydrogens (primary N) is 1. The first kappa shape index (κ1) is 24.3. The van der Waals surface area contributed by atoms with Gasteiger partial charge in [-0.25, -0.2) is 4.57 Å². The highest BCUT2D eigenvalue weighted by Crippen LogP contribution is 2.43. The highest BCUT2D eigenvalue weighted by molar-refractivity contribution is 7.46. The predicted octanol–water partition coefficient (Wildman–Crippen LogP) is 5.30. The molecular formula is C21H38NO4P. The van der Waals surface area contributed by atoms with Crippen LogP contribution in [0.4, 0.5) is 0 Å². The van der Waals surface area contributed by atoms with Crippen LogP contribution < -0.4 is 5.73 Å². The minimum Gasteiger partial charge on any atom is -0.323 e. The van der Waals surface area contributed by atoms with Crippen LogP contribution in [0.1, 0.15) is 89.2 Å². The van der Waals surface area contributed by atoms with Gasteiger partial charge in [-0.1, -0.05) is 70.7 Å². The van der Waals surface area contributed by atoms with E-state index in [1.165, 1.54) is 49.7 Å². The zero-order valence-corrected chi connectivity index (χ0v) is 16.8. The third kappa shape index (κ3) is 8.89. The van der Waals surface area contributed by atoms with Crippen LogP contribution in [0.3, 0.4) is 0 Å². The first-order valence-corrected chi connectivity index (χ1v) is 11.4. The molecule has 2 rings (SSSR count). The Hall–Kier alpha value is -0.710. The Morgan fingerprint density at radius 2 is 1.78 bits per heavy atom. The Kier molecular flexibility index (Phi) is 10.2. The van der Waals surface area contributed by atoms with Gasteiger partial charge in [-0.15, -0.1) is 0 Å². The second kappa shape index (κ2) is 11.3. The molecule has 0 heterocycles. The average Bonchev–Trinajstić information content (AvgIpc) is 2.99. The van der Waals surface area contributed by atoms with Crippen LogP contribution >= 0.6 is 7.82 Å². The van der Waals surface area contributed by atoms with Crippen molar-refractivity contribution in [1.29, 1.82) is 0 Å². The van der Waals surface area contributed by atoms with Gasteiger partial charge < -0.3 is 15.5 Å². The molecule has 0 spiro atoms. The van der Waals surface area contributed by atoms with E-state index in [0.29, 0.717) is 12.3 Å². The Morgan fingerprint density at radius 1 is 1.15 bits per heavy atom. The van der Waals surface area contributed by atoms with Gasteiger partial charge in [-0.3, -0.25) is 4.52 Å². The van der Waals surface area contributed by atoms with Crippen molar-refractivity contribution in [3.05, 3.63) is 35.4 Å². The fourth-order valence-corrected chi connectivity index (χ4v) is 4.28. The maximum atomic E-state index is 10.9. The molecule has 1 aliphatic carbocycles. The molecule has 0 amide bonds. The standard InChI is InChI=1S/C20H34NO4P.CH4/c1-2-3-4-5-6-7-8-17-9-11-18(12-10-17)19-13-14-20(21,15-19)16-25-26(22,23)24;/h9-12,19H,2-8,13-16,21H2,1H3,(H2,22,23,24);1H4/t19-,20+;/m0./s1. The number of phosphoric ester groups is 1. The molecule has 27 heavy (non-hydrogen) atoms. The summed E-state index contributed by atoms with van der Waals surface area (Å²) in [6.45, 7) is 2.15. The van der Waals surface area contributed by atoms with E-state index in [1.54, 1.807) is 0 Å². The molecule has 1 saturated carbocycles. The summed E-state index contributed by atoms with van der Waals surface area (Å²) >= 11 is 0. The molecular weight excluding hydrogens is 361 g/mol. The molecule has 1 aromatic carbocycles. The summed E-state index contributed by atoms with van der Waals surface area (Å²) in [6, 6.07) is 8.80. The van der Waals surface area contributed by atoms with Crippen molar-refractivity contribution in [3.63, 3.8) is 0 Å². The summed E-state index contributed by atoms with van der Waals surface area (Å²) < 4.78 is 15.5. The van der Waals surface area contributed by atoms with E-state index in [9.17, 15) is 4.57 Å². The van der Waals surface area contributed by atoms with Gasteiger partial charge in [-0.05, 0) is 49.1 Å². The molecule has 0 aromatic heterocycles. The van der Waals surface area contributed by atoms with Gasteiger partial charge in [-0.2, -0.15) is 0 Å². The lowest BCUT2D eigenvalue weighted by atomic mass is 9.92. The number of aryl methyl sites for hydroxylation is 1. The quantitative estimate of drug-likeness (QED) is 0.347. The van der Waals surface area contributed by atoms with Crippen LogP contribution in [0.5, 0.6) is 0 Å². The van der Waals surface area contributed by atoms with E-state index in [0.717, 1.165) is 19.3 Å². The fourth-order valence-electron chi connectivity index (χ4n) is 3.85. The van der Waals surface area contributed by atoms with Gasteiger partial charge in [0.2, 0.25) is 0 Å². The summed E-state index contributed by atoms with van der Waals surface area (Å²) in [5.74, 6) is 0.337. The Balaban J connectivity index is 0.00000364. The number of phosphoric acid groups is 1. The molecule has 5 nitrogen and oxygen atoms in total. The molecule has 0 unspecified atom stereocenters. The molecule has 1 aliphatic rings. The number of unbranched alkanes of at least 4 members (excludes halogenated alkanes) is 5. The first-order valence-electron chi connectivity index (χ1n) is 9.89. The normalized spacial score (nSPS) is 22.6. The van der Waals surface area contributed by atoms with Crippen molar-refractivity contribution in [3.8, 4) is 0 Å². The molecule has 1 aromatic rings. The third-order valence-electron chi connectivity index (χ3n) is 5.43. The van der Waals surface area contributed by atoms with Gasteiger partial charge in [0, 0.05) is 5.54 Å². The number of rotatable bonds is 11. The zero-order valence-electron chi connectivity index (χ0n) is 15.9. The highest BCUT2D eigenvalue weighted by Gasteiger charge is 2.38. The topological polar surface area (TPSA) is 92.8 Å². The maximum absolute atomic E-state index is 10.9. The Labute approximate surface area is 164 Å². The molecule has 4 N–H and O–H groups in total. The van der Waals surface area contributed by atoms with Crippen LogP contribution in [0.25, 0.3) is 0 Å². The molecule has 0 bridgehead atoms. The lowest BCUT2D eigenvalue weighted by Gasteiger charge is -2.24. The van der Waals surface area contributed by atoms with Crippen molar-refractivity contribution in [1.82, 2.24) is 0 Å². The SMILES string of the molecule is C.CCCCCCCCc1ccc([C@H]2CC[C@](N)(COP(=O)(O)O)C2)cc1. The lowest BCUT2D eigenvalue weighted by Crippen LogP contribution is -2.41. The van der Waals surface area contributed by atoms with E-state index >= 15 is 0 Å². The minimum absolute atomic E-state index is 0. The van der Waals surface area contributed by atoms with Crippen LogP contribution in [0.15, 0.2) is 24.3 Å². The van der Waals surface area contributed by atoms with E-state index in [1.807, 2.05) is 0 Å². The smallest absolute Gasteiger partial charge is 0.323 e. The van der Waals surface area contributed by atoms with E-state index in [2.05, 4.69) is 35.7 Å². The molecule has 1 fully saturated rings. The molecule has 156 valence electrons. The van der Waals surface area contributed by atoms with Crippen molar-refractivity contribution in [2.75, 3.05) is 6.61 Å². The molecule has 0 aliphatic heterocycles. The fraction of sp³-hybridized carbons (Fsp3) is 0.714. The largest absolute Gasteiger partial charge is 0.469 e. The average molecular weight is 400 g/mol. The van der Waals surface area contributed by atoms with Gasteiger partial charge in [0.15, 0.2) is 0 Å². The van der Waals surface area contributed by atoms with Crippen molar-refractivity contribution < 1.29 is 18.9 Å². The van der Waals surface area contributed by atoms with Crippen LogP contribution in [-0.2, 0) is 15.5 Å². The second-order valence-corrected chi connectivity index (χ2v) is 9.06. The van der Waals surface area contributed by atoms with Crippen molar-refractivity contribution in [2.45, 2.75) is 90.0 Å². The van der Waals surface area contributed by atoms with Gasteiger partial charge in [0.05, 0.1) is 6.61 Å². The summed E-state index contributed by atoms with van der Waals surface area (Å²) in [5, 5.41) is 0. The number of benzene rings is 1. The van der Waals surface area contributed by atoms with Gasteiger partial charge >= 0.3 is 7.82 Å². The monoisotopic (exact) mass is 399 g/mol. The summed E-state index contributed by atoms with van der Waals surface area (Å²) in [6.07, 6.45) is 11.4. The predicted molar refractivity (Wildman–Crippen MR) is 112 cm³/mol. The maximum Gasteiger partial charge on any atom is 0.469 e. The Morgan fingerprint density at radius 3 is 2.41 bits per heavy atom. The lowest BCUT2D eigenvalue weighted by molar-refractivity contribution is 0.153. The van der Waals surface area contributed by atoms with E-state index < -0.39 is 13.4 Å². The molecule has 0 saturated heterocycles. The molecule has 2 atom stereocenters. The second-order valence-electron chi connectivity index (χ2n) is 7.83. The Bertz CT molecular complexity index is 586. The summed E-state index contributed by atoms with van der Waals surface area (Å²) in [5.41, 5.74) is 8.27. The zero-order chi connectivity index (χ0) is 19.0. The minimum atomic E-state index is -4.46. The van der Waals surface area contributed by atoms with E-state index in [-0.39, 0.29) is 14.0 Å². The third-order valence-corrected chi connectivity index (χ3v) is 5.90. The number of hydrogen-bond acceptors (Lipinski definition) is 3. The van der Waals surface area contributed by atoms with Crippen LogP contribution in [0, 0.1) is 0 Å². The van der Waals surface area contributed by atoms with Crippen molar-refractivity contribution >= 4 is 7.82 Å². The first-order chi connectivity index (χ1) is 12.3. The summed E-state index contributed by atoms with van der Waals surface area (Å²) in [4.78, 5) is 17.7. The van der Waals surface area contributed by atoms with Gasteiger partial charge in [0.1, 0.15) is 0 Å². The highest BCUT2D eigenvalue weighted by atomic mass is 31.2. The van der Waals surface area contributed by atoms with Crippen molar-refractivity contribution in [2.24, 2.45) is 5.73 Å². The molecule has 6 heteroatoms. The van der Waals surface area contributed by atoms with Crippen LogP contribution in [0.2, 0.25) is 0 Å². The van der Waals surface area contributed by atoms with Crippen LogP contribution in [-0.4, -0.2) is 21.9 Å². The molecule has 0 radical (unpaired) electrons. The summed E-state index contributed by atoms with van der Waals surface area (Å²) in [7, 11) is -4.46. The number of hydrogen-bond donors (Lipinski definition) is 3. The van der Waals surface area contributed by atoms with Gasteiger partial charge in [0.25, 0.3) is 0 Å².